The van der Waals surface area contributed by atoms with Crippen molar-refractivity contribution in [2.45, 2.75) is 44.9 Å². The molecule has 2 aliphatic rings. The van der Waals surface area contributed by atoms with E-state index >= 15 is 0 Å². The number of hydrogen-bond acceptors (Lipinski definition) is 9. The minimum absolute atomic E-state index is 0.102. The Labute approximate surface area is 197 Å². The van der Waals surface area contributed by atoms with Crippen molar-refractivity contribution in [2.75, 3.05) is 43.8 Å². The average molecular weight is 474 g/mol. The maximum atomic E-state index is 12.6. The molecule has 11 heteroatoms. The molecule has 0 saturated carbocycles. The second kappa shape index (κ2) is 10.4. The van der Waals surface area contributed by atoms with E-state index in [4.69, 9.17) is 5.73 Å². The van der Waals surface area contributed by atoms with Gasteiger partial charge in [0.2, 0.25) is 5.91 Å². The van der Waals surface area contributed by atoms with Crippen LogP contribution in [0, 0.1) is 0 Å². The number of nitrogens with zero attached hydrogens (tertiary/aromatic N) is 4. The molecular formula is C22H31N7O3S. The average Bonchev–Trinajstić information content (AvgIpc) is 3.17. The van der Waals surface area contributed by atoms with Gasteiger partial charge in [0.15, 0.2) is 5.13 Å². The zero-order valence-electron chi connectivity index (χ0n) is 18.8. The van der Waals surface area contributed by atoms with Crippen LogP contribution >= 0.6 is 11.3 Å². The van der Waals surface area contributed by atoms with E-state index in [9.17, 15) is 14.7 Å². The lowest BCUT2D eigenvalue weighted by Crippen LogP contribution is -2.42. The third-order valence-corrected chi connectivity index (χ3v) is 7.09. The van der Waals surface area contributed by atoms with E-state index in [1.807, 2.05) is 4.90 Å². The lowest BCUT2D eigenvalue weighted by Gasteiger charge is -2.32. The van der Waals surface area contributed by atoms with Crippen molar-refractivity contribution >= 4 is 34.1 Å². The Morgan fingerprint density at radius 2 is 2.12 bits per heavy atom. The van der Waals surface area contributed by atoms with Gasteiger partial charge >= 0.3 is 0 Å². The van der Waals surface area contributed by atoms with Gasteiger partial charge in [-0.1, -0.05) is 0 Å². The summed E-state index contributed by atoms with van der Waals surface area (Å²) in [4.78, 5) is 38.0. The van der Waals surface area contributed by atoms with Gasteiger partial charge in [-0.25, -0.2) is 9.97 Å². The van der Waals surface area contributed by atoms with Crippen LogP contribution in [0.5, 0.6) is 0 Å². The van der Waals surface area contributed by atoms with Crippen molar-refractivity contribution in [3.05, 3.63) is 34.5 Å². The largest absolute Gasteiger partial charge is 0.390 e. The number of piperidine rings is 1. The molecule has 0 aliphatic carbocycles. The standard InChI is InChI=1S/C22H31N7O3S/c1-14(30)29-8-3-16(4-9-29)26-20-10-15(2-6-24-20)21(32)25-11-17(31)12-28-7-5-19-18(13-28)27-22(23)33-19/h2,6,10,16-17,31H,3-5,7-9,11-13H2,1H3,(H2,23,27)(H,24,26)(H,25,32)/t17-/m0/s1. The summed E-state index contributed by atoms with van der Waals surface area (Å²) in [7, 11) is 0. The van der Waals surface area contributed by atoms with Gasteiger partial charge in [0.1, 0.15) is 5.82 Å². The quantitative estimate of drug-likeness (QED) is 0.461. The number of aliphatic hydroxyl groups excluding tert-OH is 1. The highest BCUT2D eigenvalue weighted by molar-refractivity contribution is 7.15. The smallest absolute Gasteiger partial charge is 0.251 e. The second-order valence-electron chi connectivity index (χ2n) is 8.63. The van der Waals surface area contributed by atoms with Crippen LogP contribution in [-0.4, -0.2) is 81.6 Å². The molecule has 0 aromatic carbocycles. The fraction of sp³-hybridized carbons (Fsp3) is 0.545. The van der Waals surface area contributed by atoms with Crippen LogP contribution in [0.3, 0.4) is 0 Å². The number of nitrogens with one attached hydrogen (secondary N) is 2. The van der Waals surface area contributed by atoms with Crippen LogP contribution in [0.1, 0.15) is 40.7 Å². The molecule has 2 amide bonds. The Bertz CT molecular complexity index is 990. The number of carbonyl (C=O) groups is 2. The molecule has 0 radical (unpaired) electrons. The van der Waals surface area contributed by atoms with E-state index in [0.717, 1.165) is 44.6 Å². The van der Waals surface area contributed by atoms with E-state index in [0.29, 0.717) is 29.6 Å². The molecule has 33 heavy (non-hydrogen) atoms. The third kappa shape index (κ3) is 6.18. The number of likely N-dealkylation sites (tertiary alicyclic amines) is 1. The highest BCUT2D eigenvalue weighted by Gasteiger charge is 2.23. The topological polar surface area (TPSA) is 137 Å². The number of rotatable bonds is 7. The lowest BCUT2D eigenvalue weighted by molar-refractivity contribution is -0.129. The van der Waals surface area contributed by atoms with Crippen LogP contribution in [-0.2, 0) is 17.8 Å². The first-order valence-electron chi connectivity index (χ1n) is 11.3. The Hall–Kier alpha value is -2.76. The fourth-order valence-corrected chi connectivity index (χ4v) is 5.13. The number of hydrogen-bond donors (Lipinski definition) is 4. The molecule has 4 heterocycles. The van der Waals surface area contributed by atoms with Gasteiger partial charge < -0.3 is 26.4 Å². The van der Waals surface area contributed by atoms with Crippen molar-refractivity contribution in [3.63, 3.8) is 0 Å². The number of nitrogens with two attached hydrogens (primary N) is 1. The van der Waals surface area contributed by atoms with E-state index in [2.05, 4.69) is 25.5 Å². The predicted octanol–water partition coefficient (Wildman–Crippen LogP) is 0.692. The van der Waals surface area contributed by atoms with Gasteiger partial charge in [0, 0.05) is 68.9 Å². The molecule has 2 aromatic heterocycles. The highest BCUT2D eigenvalue weighted by atomic mass is 32.1. The monoisotopic (exact) mass is 473 g/mol. The summed E-state index contributed by atoms with van der Waals surface area (Å²) in [6.07, 6.45) is 3.48. The number of pyridine rings is 1. The number of nitrogen functional groups attached to an aromatic ring is 1. The first-order chi connectivity index (χ1) is 15.9. The number of aromatic nitrogens is 2. The normalized spacial score (nSPS) is 17.9. The van der Waals surface area contributed by atoms with Crippen LogP contribution < -0.4 is 16.4 Å². The Balaban J connectivity index is 1.23. The van der Waals surface area contributed by atoms with Gasteiger partial charge in [-0.15, -0.1) is 11.3 Å². The Morgan fingerprint density at radius 1 is 1.33 bits per heavy atom. The van der Waals surface area contributed by atoms with Crippen LogP contribution in [0.15, 0.2) is 18.3 Å². The van der Waals surface area contributed by atoms with Crippen molar-refractivity contribution < 1.29 is 14.7 Å². The second-order valence-corrected chi connectivity index (χ2v) is 9.74. The molecule has 1 saturated heterocycles. The lowest BCUT2D eigenvalue weighted by atomic mass is 10.0. The first kappa shape index (κ1) is 23.4. The highest BCUT2D eigenvalue weighted by Crippen LogP contribution is 2.26. The van der Waals surface area contributed by atoms with Gasteiger partial charge in [-0.05, 0) is 31.4 Å². The summed E-state index contributed by atoms with van der Waals surface area (Å²) >= 11 is 1.53. The van der Waals surface area contributed by atoms with Crippen molar-refractivity contribution in [1.82, 2.24) is 25.1 Å². The maximum absolute atomic E-state index is 12.6. The molecule has 0 bridgehead atoms. The summed E-state index contributed by atoms with van der Waals surface area (Å²) in [5, 5.41) is 17.2. The minimum atomic E-state index is -0.683. The minimum Gasteiger partial charge on any atom is -0.390 e. The molecule has 5 N–H and O–H groups in total. The van der Waals surface area contributed by atoms with E-state index in [1.165, 1.54) is 16.2 Å². The molecule has 4 rings (SSSR count). The van der Waals surface area contributed by atoms with E-state index in [-0.39, 0.29) is 24.4 Å². The molecule has 1 fully saturated rings. The van der Waals surface area contributed by atoms with E-state index < -0.39 is 6.10 Å². The van der Waals surface area contributed by atoms with Crippen LogP contribution in [0.2, 0.25) is 0 Å². The third-order valence-electron chi connectivity index (χ3n) is 6.10. The number of aliphatic hydroxyl groups is 1. The summed E-state index contributed by atoms with van der Waals surface area (Å²) in [5.41, 5.74) is 7.27. The zero-order valence-corrected chi connectivity index (χ0v) is 19.6. The fourth-order valence-electron chi connectivity index (χ4n) is 4.30. The summed E-state index contributed by atoms with van der Waals surface area (Å²) in [6, 6.07) is 3.59. The van der Waals surface area contributed by atoms with Gasteiger partial charge in [-0.2, -0.15) is 0 Å². The van der Waals surface area contributed by atoms with Gasteiger partial charge in [-0.3, -0.25) is 14.5 Å². The number of β-amino-alcohol motifs (C(OH)–C–C–N with tert-alkyl or cyclic N) is 1. The molecular weight excluding hydrogens is 442 g/mol. The Morgan fingerprint density at radius 3 is 2.88 bits per heavy atom. The van der Waals surface area contributed by atoms with Gasteiger partial charge in [0.05, 0.1) is 11.8 Å². The number of anilines is 2. The summed E-state index contributed by atoms with van der Waals surface area (Å²) in [6.45, 7) is 5.16. The molecule has 178 valence electrons. The molecule has 0 unspecified atom stereocenters. The zero-order chi connectivity index (χ0) is 23.4. The molecule has 2 aromatic rings. The molecule has 2 aliphatic heterocycles. The summed E-state index contributed by atoms with van der Waals surface area (Å²) in [5.74, 6) is 0.487. The summed E-state index contributed by atoms with van der Waals surface area (Å²) < 4.78 is 0. The number of amides is 2. The maximum Gasteiger partial charge on any atom is 0.251 e. The van der Waals surface area contributed by atoms with Crippen molar-refractivity contribution in [3.8, 4) is 0 Å². The number of fused-ring (bicyclic) bond motifs is 1. The first-order valence-corrected chi connectivity index (χ1v) is 12.1. The van der Waals surface area contributed by atoms with Gasteiger partial charge in [0.25, 0.3) is 5.91 Å². The number of thiazole rings is 1. The van der Waals surface area contributed by atoms with Crippen molar-refractivity contribution in [1.29, 1.82) is 0 Å². The predicted molar refractivity (Wildman–Crippen MR) is 127 cm³/mol. The van der Waals surface area contributed by atoms with Crippen LogP contribution in [0.4, 0.5) is 10.9 Å². The number of carbonyl (C=O) groups excluding carboxylic acids is 2. The molecule has 1 atom stereocenters. The van der Waals surface area contributed by atoms with Crippen LogP contribution in [0.25, 0.3) is 0 Å². The SMILES string of the molecule is CC(=O)N1CCC(Nc2cc(C(=O)NC[C@H](O)CN3CCc4sc(N)nc4C3)ccn2)CC1. The van der Waals surface area contributed by atoms with Crippen molar-refractivity contribution in [2.24, 2.45) is 0 Å². The molecule has 10 nitrogen and oxygen atoms in total. The molecule has 0 spiro atoms. The van der Waals surface area contributed by atoms with E-state index in [1.54, 1.807) is 25.3 Å². The Kier molecular flexibility index (Phi) is 7.41.